The van der Waals surface area contributed by atoms with Crippen LogP contribution >= 0.6 is 11.8 Å². The van der Waals surface area contributed by atoms with E-state index in [1.807, 2.05) is 13.0 Å². The zero-order valence-electron chi connectivity index (χ0n) is 11.2. The monoisotopic (exact) mass is 299 g/mol. The summed E-state index contributed by atoms with van der Waals surface area (Å²) in [5, 5.41) is 4.16. The van der Waals surface area contributed by atoms with Crippen LogP contribution in [0.3, 0.4) is 0 Å². The van der Waals surface area contributed by atoms with Gasteiger partial charge >= 0.3 is 6.61 Å². The molecule has 0 spiro atoms. The Morgan fingerprint density at radius 1 is 1.30 bits per heavy atom. The number of aromatic nitrogens is 1. The van der Waals surface area contributed by atoms with Crippen LogP contribution in [-0.4, -0.2) is 11.8 Å². The lowest BCUT2D eigenvalue weighted by Crippen LogP contribution is -2.01. The van der Waals surface area contributed by atoms with Crippen molar-refractivity contribution in [3.63, 3.8) is 0 Å². The van der Waals surface area contributed by atoms with E-state index in [1.54, 1.807) is 36.0 Å². The Labute approximate surface area is 120 Å². The lowest BCUT2D eigenvalue weighted by atomic mass is 10.2. The molecule has 0 saturated heterocycles. The van der Waals surface area contributed by atoms with Gasteiger partial charge in [0, 0.05) is 17.1 Å². The fourth-order valence-electron chi connectivity index (χ4n) is 1.71. The summed E-state index contributed by atoms with van der Waals surface area (Å²) in [6, 6.07) is 8.60. The van der Waals surface area contributed by atoms with Crippen LogP contribution in [0, 0.1) is 6.92 Å². The predicted molar refractivity (Wildman–Crippen MR) is 74.0 cm³/mol. The third-order valence-corrected chi connectivity index (χ3v) is 3.97. The molecule has 0 saturated carbocycles. The van der Waals surface area contributed by atoms with E-state index in [1.165, 1.54) is 0 Å². The van der Waals surface area contributed by atoms with E-state index in [0.29, 0.717) is 0 Å². The number of halogens is 2. The molecule has 2 aromatic rings. The van der Waals surface area contributed by atoms with Gasteiger partial charge in [0.2, 0.25) is 0 Å². The lowest BCUT2D eigenvalue weighted by Gasteiger charge is -2.11. The number of rotatable bonds is 6. The minimum Gasteiger partial charge on any atom is -0.435 e. The zero-order chi connectivity index (χ0) is 14.5. The normalized spacial score (nSPS) is 12.7. The van der Waals surface area contributed by atoms with Gasteiger partial charge in [-0.05, 0) is 31.5 Å². The van der Waals surface area contributed by atoms with Gasteiger partial charge in [0.25, 0.3) is 0 Å². The van der Waals surface area contributed by atoms with Gasteiger partial charge in [0.1, 0.15) is 11.5 Å². The Hall–Kier alpha value is -1.56. The van der Waals surface area contributed by atoms with Crippen molar-refractivity contribution in [2.24, 2.45) is 0 Å². The SMILES string of the molecule is Cc1cc(CS[C@H](C)c2ccc(OC(F)F)cc2)no1. The third kappa shape index (κ3) is 4.23. The topological polar surface area (TPSA) is 35.3 Å². The van der Waals surface area contributed by atoms with Gasteiger partial charge in [-0.3, -0.25) is 0 Å². The van der Waals surface area contributed by atoms with Crippen LogP contribution < -0.4 is 4.74 Å². The molecule has 0 aliphatic rings. The van der Waals surface area contributed by atoms with Crippen LogP contribution in [0.25, 0.3) is 0 Å². The molecule has 0 amide bonds. The van der Waals surface area contributed by atoms with E-state index in [-0.39, 0.29) is 11.0 Å². The van der Waals surface area contributed by atoms with Crippen molar-refractivity contribution >= 4 is 11.8 Å². The minimum atomic E-state index is -2.79. The molecule has 0 N–H and O–H groups in total. The van der Waals surface area contributed by atoms with E-state index < -0.39 is 6.61 Å². The van der Waals surface area contributed by atoms with Crippen LogP contribution in [0.4, 0.5) is 8.78 Å². The van der Waals surface area contributed by atoms with Crippen molar-refractivity contribution in [2.45, 2.75) is 31.5 Å². The van der Waals surface area contributed by atoms with Crippen LogP contribution in [0.5, 0.6) is 5.75 Å². The predicted octanol–water partition coefficient (Wildman–Crippen LogP) is 4.58. The molecule has 6 heteroatoms. The van der Waals surface area contributed by atoms with Crippen LogP contribution in [0.2, 0.25) is 0 Å². The van der Waals surface area contributed by atoms with Gasteiger partial charge in [-0.25, -0.2) is 0 Å². The maximum absolute atomic E-state index is 12.0. The zero-order valence-corrected chi connectivity index (χ0v) is 12.0. The number of ether oxygens (including phenoxy) is 1. The van der Waals surface area contributed by atoms with Gasteiger partial charge in [0.15, 0.2) is 0 Å². The van der Waals surface area contributed by atoms with Crippen molar-refractivity contribution < 1.29 is 18.0 Å². The molecule has 0 radical (unpaired) electrons. The van der Waals surface area contributed by atoms with Crippen LogP contribution in [-0.2, 0) is 5.75 Å². The van der Waals surface area contributed by atoms with Crippen molar-refractivity contribution in [2.75, 3.05) is 0 Å². The van der Waals surface area contributed by atoms with Gasteiger partial charge in [-0.2, -0.15) is 8.78 Å². The van der Waals surface area contributed by atoms with Crippen LogP contribution in [0.1, 0.15) is 29.2 Å². The fourth-order valence-corrected chi connectivity index (χ4v) is 2.62. The summed E-state index contributed by atoms with van der Waals surface area (Å²) in [5.41, 5.74) is 1.95. The highest BCUT2D eigenvalue weighted by molar-refractivity contribution is 7.98. The number of thioether (sulfide) groups is 1. The first-order valence-electron chi connectivity index (χ1n) is 6.13. The van der Waals surface area contributed by atoms with Gasteiger partial charge in [-0.15, -0.1) is 11.8 Å². The summed E-state index contributed by atoms with van der Waals surface area (Å²) in [7, 11) is 0. The first kappa shape index (κ1) is 14.8. The first-order valence-corrected chi connectivity index (χ1v) is 7.18. The smallest absolute Gasteiger partial charge is 0.387 e. The summed E-state index contributed by atoms with van der Waals surface area (Å²) >= 11 is 1.70. The molecule has 3 nitrogen and oxygen atoms in total. The highest BCUT2D eigenvalue weighted by atomic mass is 32.2. The fraction of sp³-hybridized carbons (Fsp3) is 0.357. The largest absolute Gasteiger partial charge is 0.435 e. The average molecular weight is 299 g/mol. The molecular formula is C14H15F2NO2S. The molecule has 0 bridgehead atoms. The van der Waals surface area contributed by atoms with Crippen molar-refractivity contribution in [3.8, 4) is 5.75 Å². The summed E-state index contributed by atoms with van der Waals surface area (Å²) < 4.78 is 33.4. The number of benzene rings is 1. The van der Waals surface area contributed by atoms with E-state index in [4.69, 9.17) is 4.52 Å². The van der Waals surface area contributed by atoms with E-state index in [2.05, 4.69) is 16.8 Å². The Morgan fingerprint density at radius 2 is 2.00 bits per heavy atom. The van der Waals surface area contributed by atoms with E-state index in [0.717, 1.165) is 22.8 Å². The quantitative estimate of drug-likeness (QED) is 0.782. The summed E-state index contributed by atoms with van der Waals surface area (Å²) in [5.74, 6) is 1.71. The Kier molecular flexibility index (Phi) is 5.00. The molecule has 2 rings (SSSR count). The molecule has 0 fully saturated rings. The van der Waals surface area contributed by atoms with Gasteiger partial charge < -0.3 is 9.26 Å². The Morgan fingerprint density at radius 3 is 2.55 bits per heavy atom. The highest BCUT2D eigenvalue weighted by Crippen LogP contribution is 2.31. The molecule has 0 aliphatic heterocycles. The van der Waals surface area contributed by atoms with Crippen molar-refractivity contribution in [1.29, 1.82) is 0 Å². The second-order valence-corrected chi connectivity index (χ2v) is 5.66. The Balaban J connectivity index is 1.90. The van der Waals surface area contributed by atoms with Gasteiger partial charge in [0.05, 0.1) is 5.69 Å². The molecule has 1 heterocycles. The third-order valence-electron chi connectivity index (χ3n) is 2.73. The molecule has 0 unspecified atom stereocenters. The maximum Gasteiger partial charge on any atom is 0.387 e. The molecule has 1 aromatic heterocycles. The lowest BCUT2D eigenvalue weighted by molar-refractivity contribution is -0.0498. The molecule has 1 atom stereocenters. The summed E-state index contributed by atoms with van der Waals surface area (Å²) in [6.07, 6.45) is 0. The number of hydrogen-bond acceptors (Lipinski definition) is 4. The minimum absolute atomic E-state index is 0.174. The first-order chi connectivity index (χ1) is 9.54. The average Bonchev–Trinajstić information content (AvgIpc) is 2.82. The van der Waals surface area contributed by atoms with E-state index >= 15 is 0 Å². The highest BCUT2D eigenvalue weighted by Gasteiger charge is 2.10. The standard InChI is InChI=1S/C14H15F2NO2S/c1-9-7-12(17-19-9)8-20-10(2)11-3-5-13(6-4-11)18-14(15)16/h3-7,10,14H,8H2,1-2H3/t10-/m1/s1. The molecule has 108 valence electrons. The van der Waals surface area contributed by atoms with Crippen molar-refractivity contribution in [1.82, 2.24) is 5.16 Å². The Bertz CT molecular complexity index is 542. The number of nitrogens with zero attached hydrogens (tertiary/aromatic N) is 1. The maximum atomic E-state index is 12.0. The molecule has 1 aromatic carbocycles. The number of alkyl halides is 2. The number of hydrogen-bond donors (Lipinski definition) is 0. The number of aryl methyl sites for hydroxylation is 1. The second kappa shape index (κ2) is 6.74. The molecule has 20 heavy (non-hydrogen) atoms. The molecular weight excluding hydrogens is 284 g/mol. The second-order valence-electron chi connectivity index (χ2n) is 4.33. The van der Waals surface area contributed by atoms with Crippen LogP contribution in [0.15, 0.2) is 34.9 Å². The summed E-state index contributed by atoms with van der Waals surface area (Å²) in [4.78, 5) is 0. The van der Waals surface area contributed by atoms with Crippen molar-refractivity contribution in [3.05, 3.63) is 47.3 Å². The molecule has 0 aliphatic carbocycles. The van der Waals surface area contributed by atoms with Gasteiger partial charge in [-0.1, -0.05) is 17.3 Å². The summed E-state index contributed by atoms with van der Waals surface area (Å²) in [6.45, 7) is 1.12. The van der Waals surface area contributed by atoms with E-state index in [9.17, 15) is 8.78 Å².